The molecule has 0 bridgehead atoms. The monoisotopic (exact) mass is 1020 g/mol. The van der Waals surface area contributed by atoms with Gasteiger partial charge in [-0.3, -0.25) is 9.59 Å². The van der Waals surface area contributed by atoms with E-state index in [1.54, 1.807) is 18.2 Å². The Bertz CT molecular complexity index is 2600. The molecule has 3 heterocycles. The van der Waals surface area contributed by atoms with Gasteiger partial charge in [0.1, 0.15) is 5.78 Å². The summed E-state index contributed by atoms with van der Waals surface area (Å²) in [4.78, 5) is 27.9. The number of fused-ring (bicyclic) bond motifs is 3. The van der Waals surface area contributed by atoms with Crippen LogP contribution in [0, 0.1) is 46.8 Å². The van der Waals surface area contributed by atoms with Gasteiger partial charge in [-0.1, -0.05) is 104 Å². The highest BCUT2D eigenvalue weighted by atomic mass is 16.5. The number of ether oxygens (including phenoxy) is 1. The topological polar surface area (TPSA) is 158 Å². The molecule has 1 saturated heterocycles. The molecule has 7 aliphatic rings. The molecule has 75 heavy (non-hydrogen) atoms. The minimum Gasteiger partial charge on any atom is -0.504 e. The molecule has 10 nitrogen and oxygen atoms in total. The minimum atomic E-state index is -0.308. The fourth-order valence-electron chi connectivity index (χ4n) is 15.1. The van der Waals surface area contributed by atoms with Gasteiger partial charge >= 0.3 is 0 Å². The van der Waals surface area contributed by atoms with E-state index in [-0.39, 0.29) is 47.3 Å². The van der Waals surface area contributed by atoms with Crippen molar-refractivity contribution in [2.24, 2.45) is 52.6 Å². The fraction of sp³-hybridized carbons (Fsp3) is 0.538. The number of dihydropyridines is 1. The first-order valence-corrected chi connectivity index (χ1v) is 28.9. The van der Waals surface area contributed by atoms with E-state index in [0.717, 1.165) is 106 Å². The minimum absolute atomic E-state index is 0.0257. The number of rotatable bonds is 21. The molecule has 3 aliphatic heterocycles. The van der Waals surface area contributed by atoms with Crippen molar-refractivity contribution in [1.29, 1.82) is 0 Å². The first-order chi connectivity index (χ1) is 36.6. The van der Waals surface area contributed by atoms with Crippen molar-refractivity contribution in [3.63, 3.8) is 0 Å². The van der Waals surface area contributed by atoms with E-state index in [4.69, 9.17) is 10.5 Å². The molecule has 0 amide bonds. The molecule has 10 heteroatoms. The molecule has 0 aromatic heterocycles. The maximum atomic E-state index is 14.1. The molecule has 400 valence electrons. The highest BCUT2D eigenvalue weighted by Gasteiger charge is 2.54. The summed E-state index contributed by atoms with van der Waals surface area (Å²) in [6, 6.07) is 23.8. The summed E-state index contributed by atoms with van der Waals surface area (Å²) in [5.41, 5.74) is 14.2. The van der Waals surface area contributed by atoms with Crippen LogP contribution in [0.4, 0.5) is 0 Å². The number of nitrogens with two attached hydrogens (primary N) is 1. The van der Waals surface area contributed by atoms with Crippen LogP contribution in [0.15, 0.2) is 121 Å². The highest BCUT2D eigenvalue weighted by Crippen LogP contribution is 2.58. The van der Waals surface area contributed by atoms with Gasteiger partial charge in [0.15, 0.2) is 17.3 Å². The van der Waals surface area contributed by atoms with Gasteiger partial charge in [0, 0.05) is 37.8 Å². The summed E-state index contributed by atoms with van der Waals surface area (Å²) >= 11 is 0. The van der Waals surface area contributed by atoms with E-state index in [1.165, 1.54) is 62.0 Å². The number of methoxy groups -OCH3 is 1. The van der Waals surface area contributed by atoms with Crippen molar-refractivity contribution in [1.82, 2.24) is 21.3 Å². The normalized spacial score (nSPS) is 29.9. The van der Waals surface area contributed by atoms with Gasteiger partial charge in [0.25, 0.3) is 0 Å². The number of aryl methyl sites for hydroxylation is 3. The molecule has 4 aliphatic carbocycles. The predicted octanol–water partition coefficient (Wildman–Crippen LogP) is 9.64. The molecular weight excluding hydrogens is 931 g/mol. The Hall–Kier alpha value is -5.10. The van der Waals surface area contributed by atoms with Crippen LogP contribution in [-0.2, 0) is 35.3 Å². The number of aliphatic hydroxyl groups excluding tert-OH is 1. The zero-order valence-corrected chi connectivity index (χ0v) is 44.6. The van der Waals surface area contributed by atoms with Gasteiger partial charge in [-0.15, -0.1) is 0 Å². The van der Waals surface area contributed by atoms with Gasteiger partial charge in [-0.05, 0) is 207 Å². The highest BCUT2D eigenvalue weighted by molar-refractivity contribution is 6.06. The number of allylic oxidation sites excluding steroid dienone is 5. The molecule has 11 atom stereocenters. The number of nitrogens with one attached hydrogen (secondary N) is 4. The second kappa shape index (κ2) is 24.9. The van der Waals surface area contributed by atoms with E-state index in [0.29, 0.717) is 72.7 Å². The van der Waals surface area contributed by atoms with Crippen LogP contribution in [0.3, 0.4) is 0 Å². The average molecular weight is 1020 g/mol. The van der Waals surface area contributed by atoms with Gasteiger partial charge in [-0.25, -0.2) is 0 Å². The van der Waals surface area contributed by atoms with Crippen LogP contribution in [0.25, 0.3) is 6.08 Å². The quantitative estimate of drug-likeness (QED) is 0.0312. The third-order valence-electron chi connectivity index (χ3n) is 18.9. The molecule has 4 fully saturated rings. The van der Waals surface area contributed by atoms with E-state index in [1.807, 2.05) is 6.20 Å². The number of carbonyl (C=O) groups is 2. The van der Waals surface area contributed by atoms with Crippen LogP contribution in [-0.4, -0.2) is 79.4 Å². The second-order valence-corrected chi connectivity index (χ2v) is 23.9. The Morgan fingerprint density at radius 3 is 2.53 bits per heavy atom. The predicted molar refractivity (Wildman–Crippen MR) is 301 cm³/mol. The number of piperidine rings is 1. The molecule has 3 aromatic rings. The Morgan fingerprint density at radius 2 is 1.71 bits per heavy atom. The first-order valence-electron chi connectivity index (χ1n) is 28.9. The summed E-state index contributed by atoms with van der Waals surface area (Å²) in [5.74, 6) is 3.46. The van der Waals surface area contributed by atoms with Gasteiger partial charge in [0.05, 0.1) is 25.8 Å². The number of hydrogen-bond acceptors (Lipinski definition) is 10. The number of phenolic OH excluding ortho intramolecular Hbond substituents is 1. The largest absolute Gasteiger partial charge is 0.504 e. The molecule has 10 rings (SSSR count). The van der Waals surface area contributed by atoms with Gasteiger partial charge < -0.3 is 42.0 Å². The van der Waals surface area contributed by atoms with Gasteiger partial charge in [0.2, 0.25) is 0 Å². The molecule has 3 aromatic carbocycles. The van der Waals surface area contributed by atoms with Crippen LogP contribution in [0.2, 0.25) is 0 Å². The Balaban J connectivity index is 0.795. The second-order valence-electron chi connectivity index (χ2n) is 23.9. The zero-order chi connectivity index (χ0) is 51.7. The lowest BCUT2D eigenvalue weighted by Gasteiger charge is -2.54. The van der Waals surface area contributed by atoms with Crippen LogP contribution in [0.1, 0.15) is 118 Å². The standard InChI is InChI=1S/C65H85N5O5/c1-75-62-33-48(51(32-60(62)73)31-52-41-70-63(66)34-49(52)21-19-45-13-8-12-44(28-45)18-17-43-10-4-2-5-11-43)22-24-56(71)36-57(72)29-46-20-23-54-35-55(69-42-61(74)47-14-6-3-7-15-47)38-65(54,37-46)39-59-58-25-27-67-40-53(58)30-50-16-9-26-68-64(50)59/h2,4-5,8-13,16,20,22-24,28,32-34,41,46-47,50,53-55,58-59,61,63-64,67-70,73-74H,3,6-7,14-15,17-19,21,25-27,29-31,35-40,42,66H2,1H3/b24-22+/t46-,50-,53-,54-,55-,58+,59+,61-,63?,64+,65+/m0/s1. The van der Waals surface area contributed by atoms with E-state index in [2.05, 4.69) is 106 Å². The maximum absolute atomic E-state index is 14.1. The summed E-state index contributed by atoms with van der Waals surface area (Å²) in [5, 5.41) is 37.3. The number of Topliss-reactive ketones (excluding diaryl/α,β-unsaturated/α-hetero) is 1. The lowest BCUT2D eigenvalue weighted by molar-refractivity contribution is -0.125. The molecule has 0 spiro atoms. The number of aliphatic hydroxyl groups is 1. The first kappa shape index (κ1) is 53.3. The molecule has 0 radical (unpaired) electrons. The van der Waals surface area contributed by atoms with Crippen molar-refractivity contribution in [3.8, 4) is 11.5 Å². The zero-order valence-electron chi connectivity index (χ0n) is 44.6. The summed E-state index contributed by atoms with van der Waals surface area (Å²) in [6.07, 6.45) is 33.4. The molecule has 3 saturated carbocycles. The Morgan fingerprint density at radius 1 is 0.907 bits per heavy atom. The maximum Gasteiger partial charge on any atom is 0.163 e. The fourth-order valence-corrected chi connectivity index (χ4v) is 15.1. The number of phenols is 1. The van der Waals surface area contributed by atoms with Crippen molar-refractivity contribution in [2.45, 2.75) is 140 Å². The third-order valence-corrected chi connectivity index (χ3v) is 18.9. The summed E-state index contributed by atoms with van der Waals surface area (Å²) < 4.78 is 5.55. The van der Waals surface area contributed by atoms with E-state index >= 15 is 0 Å². The van der Waals surface area contributed by atoms with Crippen molar-refractivity contribution in [2.75, 3.05) is 33.3 Å². The Kier molecular flexibility index (Phi) is 17.7. The molecule has 1 unspecified atom stereocenters. The third kappa shape index (κ3) is 13.4. The lowest BCUT2D eigenvalue weighted by Crippen LogP contribution is -2.57. The average Bonchev–Trinajstić information content (AvgIpc) is 3.80. The molecular formula is C65H85N5O5. The summed E-state index contributed by atoms with van der Waals surface area (Å²) in [6.45, 7) is 3.78. The number of benzene rings is 3. The van der Waals surface area contributed by atoms with Crippen molar-refractivity contribution >= 4 is 17.6 Å². The van der Waals surface area contributed by atoms with E-state index in [9.17, 15) is 19.8 Å². The lowest BCUT2D eigenvalue weighted by atomic mass is 9.55. The SMILES string of the molecule is COc1cc(/C=C/C(=O)CC(=O)C[C@@H]2C=C[C@H]3C[C@H](NC[C@H](O)C4CCCCC4)C[C@@]3(C[C@@H]3[C@@H]4CCNC[C@@H]4C[C@@H]4C=CCN[C@@H]34)C2)c(CC2=CNC(N)C=C2CCc2cccc(CCc3ccccc3)c2)cc1O. The summed E-state index contributed by atoms with van der Waals surface area (Å²) in [7, 11) is 1.52. The number of carbonyl (C=O) groups excluding carboxylic acids is 2. The van der Waals surface area contributed by atoms with E-state index < -0.39 is 0 Å². The van der Waals surface area contributed by atoms with Crippen LogP contribution >= 0.6 is 0 Å². The van der Waals surface area contributed by atoms with Gasteiger partial charge in [-0.2, -0.15) is 0 Å². The Labute approximate surface area is 447 Å². The number of hydrogen-bond donors (Lipinski definition) is 7. The smallest absolute Gasteiger partial charge is 0.163 e. The molecule has 8 N–H and O–H groups in total. The van der Waals surface area contributed by atoms with Crippen molar-refractivity contribution in [3.05, 3.63) is 148 Å². The van der Waals surface area contributed by atoms with Crippen LogP contribution in [0.5, 0.6) is 11.5 Å². The number of aromatic hydroxyl groups is 1. The van der Waals surface area contributed by atoms with Crippen molar-refractivity contribution < 1.29 is 24.5 Å². The number of ketones is 2. The van der Waals surface area contributed by atoms with Crippen LogP contribution < -0.4 is 31.7 Å².